The van der Waals surface area contributed by atoms with Gasteiger partial charge in [-0.25, -0.2) is 0 Å². The lowest BCUT2D eigenvalue weighted by molar-refractivity contribution is 0.766. The van der Waals surface area contributed by atoms with E-state index in [0.29, 0.717) is 11.8 Å². The van der Waals surface area contributed by atoms with Crippen LogP contribution >= 0.6 is 23.2 Å². The van der Waals surface area contributed by atoms with Gasteiger partial charge < -0.3 is 0 Å². The van der Waals surface area contributed by atoms with E-state index in [1.807, 2.05) is 12.1 Å². The molecule has 0 fully saturated rings. The fourth-order valence-corrected chi connectivity index (χ4v) is 2.42. The minimum absolute atomic E-state index is 0.339. The average molecular weight is 279 g/mol. The highest BCUT2D eigenvalue weighted by Gasteiger charge is 2.11. The van der Waals surface area contributed by atoms with Crippen molar-refractivity contribution < 1.29 is 0 Å². The van der Waals surface area contributed by atoms with E-state index in [9.17, 15) is 0 Å². The second kappa shape index (κ2) is 6.26. The summed E-state index contributed by atoms with van der Waals surface area (Å²) < 4.78 is 0. The maximum absolute atomic E-state index is 6.09. The largest absolute Gasteiger partial charge is 0.126 e. The molecule has 18 heavy (non-hydrogen) atoms. The molecule has 0 aromatic heterocycles. The van der Waals surface area contributed by atoms with Crippen LogP contribution in [0.15, 0.2) is 48.5 Å². The van der Waals surface area contributed by atoms with Crippen LogP contribution in [0.2, 0.25) is 5.02 Å². The molecule has 1 unspecified atom stereocenters. The first kappa shape index (κ1) is 13.5. The van der Waals surface area contributed by atoms with E-state index in [0.717, 1.165) is 11.4 Å². The molecular formula is C16H16Cl2. The molecule has 2 aromatic rings. The number of aryl methyl sites for hydroxylation is 1. The second-order valence-corrected chi connectivity index (χ2v) is 5.34. The number of alkyl halides is 1. The highest BCUT2D eigenvalue weighted by Crippen LogP contribution is 2.24. The third-order valence-electron chi connectivity index (χ3n) is 3.13. The fraction of sp³-hybridized carbons (Fsp3) is 0.250. The summed E-state index contributed by atoms with van der Waals surface area (Å²) in [6.07, 6.45) is 0.964. The summed E-state index contributed by atoms with van der Waals surface area (Å²) in [4.78, 5) is 0. The van der Waals surface area contributed by atoms with Gasteiger partial charge in [-0.05, 0) is 36.6 Å². The molecule has 0 aliphatic rings. The van der Waals surface area contributed by atoms with Crippen molar-refractivity contribution in [3.05, 3.63) is 70.2 Å². The van der Waals surface area contributed by atoms with Crippen LogP contribution in [0.5, 0.6) is 0 Å². The molecule has 94 valence electrons. The van der Waals surface area contributed by atoms with Crippen molar-refractivity contribution in [2.75, 3.05) is 5.88 Å². The number of hydrogen-bond acceptors (Lipinski definition) is 0. The maximum Gasteiger partial charge on any atom is 0.0406 e. The first-order valence-electron chi connectivity index (χ1n) is 6.06. The van der Waals surface area contributed by atoms with E-state index >= 15 is 0 Å². The zero-order chi connectivity index (χ0) is 13.0. The number of halogens is 2. The molecule has 0 saturated heterocycles. The Balaban J connectivity index is 2.14. The number of rotatable bonds is 4. The Morgan fingerprint density at radius 3 is 2.11 bits per heavy atom. The van der Waals surface area contributed by atoms with Gasteiger partial charge >= 0.3 is 0 Å². The minimum Gasteiger partial charge on any atom is -0.126 e. The standard InChI is InChI=1S/C16H16Cl2/c1-12-2-4-13(5-3-12)10-15(11-17)14-6-8-16(18)9-7-14/h2-9,15H,10-11H2,1H3. The van der Waals surface area contributed by atoms with E-state index in [2.05, 4.69) is 43.3 Å². The number of benzene rings is 2. The summed E-state index contributed by atoms with van der Waals surface area (Å²) in [5.74, 6) is 0.960. The van der Waals surface area contributed by atoms with E-state index in [1.54, 1.807) is 0 Å². The first-order valence-corrected chi connectivity index (χ1v) is 6.97. The van der Waals surface area contributed by atoms with Crippen molar-refractivity contribution in [1.29, 1.82) is 0 Å². The monoisotopic (exact) mass is 278 g/mol. The van der Waals surface area contributed by atoms with E-state index in [4.69, 9.17) is 23.2 Å². The van der Waals surface area contributed by atoms with E-state index < -0.39 is 0 Å². The molecule has 0 N–H and O–H groups in total. The maximum atomic E-state index is 6.09. The Morgan fingerprint density at radius 2 is 1.56 bits per heavy atom. The Labute approximate surface area is 119 Å². The van der Waals surface area contributed by atoms with Crippen LogP contribution in [-0.2, 0) is 6.42 Å². The summed E-state index contributed by atoms with van der Waals surface area (Å²) in [5, 5.41) is 0.766. The summed E-state index contributed by atoms with van der Waals surface area (Å²) in [7, 11) is 0. The Bertz CT molecular complexity index is 486. The van der Waals surface area contributed by atoms with Crippen LogP contribution in [0.25, 0.3) is 0 Å². The molecule has 0 radical (unpaired) electrons. The highest BCUT2D eigenvalue weighted by atomic mass is 35.5. The Morgan fingerprint density at radius 1 is 0.944 bits per heavy atom. The molecule has 0 aliphatic heterocycles. The van der Waals surface area contributed by atoms with Gasteiger partial charge in [-0.2, -0.15) is 0 Å². The van der Waals surface area contributed by atoms with Gasteiger partial charge in [-0.15, -0.1) is 11.6 Å². The molecule has 2 rings (SSSR count). The predicted octanol–water partition coefficient (Wildman–Crippen LogP) is 5.21. The molecule has 0 aliphatic carbocycles. The zero-order valence-electron chi connectivity index (χ0n) is 10.4. The SMILES string of the molecule is Cc1ccc(CC(CCl)c2ccc(Cl)cc2)cc1. The van der Waals surface area contributed by atoms with Gasteiger partial charge in [0, 0.05) is 16.8 Å². The topological polar surface area (TPSA) is 0 Å². The molecule has 2 aromatic carbocycles. The van der Waals surface area contributed by atoms with Gasteiger partial charge in [-0.3, -0.25) is 0 Å². The van der Waals surface area contributed by atoms with Gasteiger partial charge in [0.1, 0.15) is 0 Å². The lowest BCUT2D eigenvalue weighted by Crippen LogP contribution is -2.04. The lowest BCUT2D eigenvalue weighted by atomic mass is 9.93. The third kappa shape index (κ3) is 3.51. The molecule has 1 atom stereocenters. The molecule has 0 amide bonds. The quantitative estimate of drug-likeness (QED) is 0.674. The normalized spacial score (nSPS) is 12.4. The van der Waals surface area contributed by atoms with Crippen molar-refractivity contribution >= 4 is 23.2 Å². The van der Waals surface area contributed by atoms with Crippen LogP contribution in [0, 0.1) is 6.92 Å². The minimum atomic E-state index is 0.339. The molecule has 0 bridgehead atoms. The highest BCUT2D eigenvalue weighted by molar-refractivity contribution is 6.30. The van der Waals surface area contributed by atoms with Gasteiger partial charge in [0.15, 0.2) is 0 Å². The van der Waals surface area contributed by atoms with Crippen LogP contribution in [0.4, 0.5) is 0 Å². The zero-order valence-corrected chi connectivity index (χ0v) is 11.9. The van der Waals surface area contributed by atoms with Crippen molar-refractivity contribution in [3.63, 3.8) is 0 Å². The van der Waals surface area contributed by atoms with Gasteiger partial charge in [0.2, 0.25) is 0 Å². The van der Waals surface area contributed by atoms with E-state index in [1.165, 1.54) is 16.7 Å². The summed E-state index contributed by atoms with van der Waals surface area (Å²) >= 11 is 12.0. The van der Waals surface area contributed by atoms with Gasteiger partial charge in [0.05, 0.1) is 0 Å². The van der Waals surface area contributed by atoms with Gasteiger partial charge in [-0.1, -0.05) is 53.6 Å². The fourth-order valence-electron chi connectivity index (χ4n) is 2.01. The molecule has 0 heterocycles. The summed E-state index contributed by atoms with van der Waals surface area (Å²) in [6.45, 7) is 2.10. The Hall–Kier alpha value is -0.980. The molecule has 0 spiro atoms. The predicted molar refractivity (Wildman–Crippen MR) is 79.8 cm³/mol. The molecule has 0 saturated carbocycles. The van der Waals surface area contributed by atoms with Gasteiger partial charge in [0.25, 0.3) is 0 Å². The van der Waals surface area contributed by atoms with Crippen LogP contribution < -0.4 is 0 Å². The van der Waals surface area contributed by atoms with E-state index in [-0.39, 0.29) is 0 Å². The lowest BCUT2D eigenvalue weighted by Gasteiger charge is -2.14. The van der Waals surface area contributed by atoms with Crippen LogP contribution in [-0.4, -0.2) is 5.88 Å². The second-order valence-electron chi connectivity index (χ2n) is 4.59. The van der Waals surface area contributed by atoms with Crippen molar-refractivity contribution in [2.24, 2.45) is 0 Å². The number of hydrogen-bond donors (Lipinski definition) is 0. The molecular weight excluding hydrogens is 263 g/mol. The summed E-state index contributed by atoms with van der Waals surface area (Å²) in [6, 6.07) is 16.6. The smallest absolute Gasteiger partial charge is 0.0406 e. The third-order valence-corrected chi connectivity index (χ3v) is 3.75. The van der Waals surface area contributed by atoms with Crippen molar-refractivity contribution in [2.45, 2.75) is 19.3 Å². The first-order chi connectivity index (χ1) is 8.69. The van der Waals surface area contributed by atoms with Crippen molar-refractivity contribution in [3.8, 4) is 0 Å². The average Bonchev–Trinajstić information content (AvgIpc) is 2.39. The van der Waals surface area contributed by atoms with Crippen LogP contribution in [0.3, 0.4) is 0 Å². The Kier molecular flexibility index (Phi) is 4.68. The van der Waals surface area contributed by atoms with Crippen molar-refractivity contribution in [1.82, 2.24) is 0 Å². The molecule has 2 heteroatoms. The summed E-state index contributed by atoms with van der Waals surface area (Å²) in [5.41, 5.74) is 3.85. The molecule has 0 nitrogen and oxygen atoms in total. The van der Waals surface area contributed by atoms with Crippen LogP contribution in [0.1, 0.15) is 22.6 Å².